The lowest BCUT2D eigenvalue weighted by molar-refractivity contribution is -0.0130. The molecule has 1 aromatic carbocycles. The van der Waals surface area contributed by atoms with Crippen molar-refractivity contribution in [3.63, 3.8) is 0 Å². The van der Waals surface area contributed by atoms with Crippen molar-refractivity contribution in [2.24, 2.45) is 0 Å². The van der Waals surface area contributed by atoms with Gasteiger partial charge >= 0.3 is 0 Å². The summed E-state index contributed by atoms with van der Waals surface area (Å²) in [4.78, 5) is 15.6. The molecule has 2 fully saturated rings. The third-order valence-corrected chi connectivity index (χ3v) is 5.24. The van der Waals surface area contributed by atoms with Crippen LogP contribution in [0.2, 0.25) is 0 Å². The van der Waals surface area contributed by atoms with Crippen molar-refractivity contribution in [2.45, 2.75) is 45.1 Å². The highest BCUT2D eigenvalue weighted by molar-refractivity contribution is 6.03. The first-order valence-electron chi connectivity index (χ1n) is 8.08. The molecule has 3 rings (SSSR count). The summed E-state index contributed by atoms with van der Waals surface area (Å²) in [5.74, 6) is 0.324. The Hall–Kier alpha value is -1.19. The van der Waals surface area contributed by atoms with E-state index >= 15 is 0 Å². The van der Waals surface area contributed by atoms with E-state index in [4.69, 9.17) is 4.74 Å². The molecule has 0 atom stereocenters. The highest BCUT2D eigenvalue weighted by Crippen LogP contribution is 2.38. The van der Waals surface area contributed by atoms with Gasteiger partial charge in [-0.15, -0.1) is 0 Å². The molecule has 0 amide bonds. The van der Waals surface area contributed by atoms with Crippen LogP contribution in [-0.2, 0) is 4.74 Å². The maximum atomic E-state index is 13.2. The lowest BCUT2D eigenvalue weighted by atomic mass is 9.84. The van der Waals surface area contributed by atoms with Crippen LogP contribution in [0.25, 0.3) is 0 Å². The number of nitrogens with zero attached hydrogens (tertiary/aromatic N) is 1. The van der Waals surface area contributed by atoms with E-state index in [1.54, 1.807) is 0 Å². The summed E-state index contributed by atoms with van der Waals surface area (Å²) in [6.07, 6.45) is 4.32. The summed E-state index contributed by atoms with van der Waals surface area (Å²) in [5.41, 5.74) is 3.06. The maximum absolute atomic E-state index is 13.2. The Kier molecular flexibility index (Phi) is 4.14. The molecule has 3 heteroatoms. The number of benzene rings is 1. The van der Waals surface area contributed by atoms with Crippen molar-refractivity contribution in [1.82, 2.24) is 4.90 Å². The Morgan fingerprint density at radius 2 is 1.76 bits per heavy atom. The molecular formula is C18H25NO2. The zero-order valence-corrected chi connectivity index (χ0v) is 13.2. The Morgan fingerprint density at radius 1 is 1.10 bits per heavy atom. The van der Waals surface area contributed by atoms with Gasteiger partial charge in [0, 0.05) is 18.7 Å². The van der Waals surface area contributed by atoms with E-state index in [9.17, 15) is 4.79 Å². The summed E-state index contributed by atoms with van der Waals surface area (Å²) >= 11 is 0. The van der Waals surface area contributed by atoms with Gasteiger partial charge in [0.15, 0.2) is 5.78 Å². The van der Waals surface area contributed by atoms with Crippen LogP contribution in [0.15, 0.2) is 18.2 Å². The molecule has 1 saturated heterocycles. The lowest BCUT2D eigenvalue weighted by Crippen LogP contribution is -2.56. The minimum Gasteiger partial charge on any atom is -0.379 e. The Balaban J connectivity index is 1.92. The molecule has 1 heterocycles. The first-order valence-corrected chi connectivity index (χ1v) is 8.08. The van der Waals surface area contributed by atoms with Crippen LogP contribution >= 0.6 is 0 Å². The van der Waals surface area contributed by atoms with Gasteiger partial charge in [-0.25, -0.2) is 0 Å². The first-order chi connectivity index (χ1) is 10.1. The third kappa shape index (κ3) is 2.65. The average Bonchev–Trinajstić information content (AvgIpc) is 3.01. The van der Waals surface area contributed by atoms with Gasteiger partial charge in [0.2, 0.25) is 0 Å². The molecule has 1 aliphatic carbocycles. The van der Waals surface area contributed by atoms with E-state index in [2.05, 4.69) is 30.9 Å². The number of ketones is 1. The predicted molar refractivity (Wildman–Crippen MR) is 83.8 cm³/mol. The maximum Gasteiger partial charge on any atom is 0.183 e. The molecule has 0 bridgehead atoms. The van der Waals surface area contributed by atoms with Gasteiger partial charge in [0.25, 0.3) is 0 Å². The quantitative estimate of drug-likeness (QED) is 0.800. The van der Waals surface area contributed by atoms with Crippen molar-refractivity contribution in [3.8, 4) is 0 Å². The van der Waals surface area contributed by atoms with Crippen molar-refractivity contribution in [1.29, 1.82) is 0 Å². The number of carbonyl (C=O) groups is 1. The highest BCUT2D eigenvalue weighted by Gasteiger charge is 2.46. The number of carbonyl (C=O) groups excluding carboxylic acids is 1. The van der Waals surface area contributed by atoms with Crippen LogP contribution in [0.5, 0.6) is 0 Å². The molecule has 0 N–H and O–H groups in total. The lowest BCUT2D eigenvalue weighted by Gasteiger charge is -2.42. The summed E-state index contributed by atoms with van der Waals surface area (Å²) in [6.45, 7) is 7.45. The van der Waals surface area contributed by atoms with E-state index in [1.807, 2.05) is 6.07 Å². The number of hydrogen-bond acceptors (Lipinski definition) is 3. The normalized spacial score (nSPS) is 22.4. The fourth-order valence-corrected chi connectivity index (χ4v) is 3.79. The van der Waals surface area contributed by atoms with E-state index in [1.165, 1.54) is 11.1 Å². The number of hydrogen-bond donors (Lipinski definition) is 0. The van der Waals surface area contributed by atoms with E-state index < -0.39 is 0 Å². The van der Waals surface area contributed by atoms with Crippen LogP contribution in [0.3, 0.4) is 0 Å². The summed E-state index contributed by atoms with van der Waals surface area (Å²) < 4.78 is 5.47. The monoisotopic (exact) mass is 287 g/mol. The van der Waals surface area contributed by atoms with Gasteiger partial charge < -0.3 is 4.74 Å². The van der Waals surface area contributed by atoms with Gasteiger partial charge in [-0.3, -0.25) is 9.69 Å². The number of Topliss-reactive ketones (excluding diaryl/α,β-unsaturated/α-hetero) is 1. The zero-order chi connectivity index (χ0) is 14.9. The third-order valence-electron chi connectivity index (χ3n) is 5.24. The van der Waals surface area contributed by atoms with E-state index in [0.29, 0.717) is 5.78 Å². The Morgan fingerprint density at radius 3 is 2.38 bits per heavy atom. The molecule has 114 valence electrons. The van der Waals surface area contributed by atoms with Gasteiger partial charge in [0.05, 0.1) is 18.8 Å². The highest BCUT2D eigenvalue weighted by atomic mass is 16.5. The number of morpholine rings is 1. The van der Waals surface area contributed by atoms with Gasteiger partial charge in [-0.1, -0.05) is 25.0 Å². The summed E-state index contributed by atoms with van der Waals surface area (Å²) in [5, 5.41) is 0. The Labute approximate surface area is 127 Å². The van der Waals surface area contributed by atoms with Crippen molar-refractivity contribution in [2.75, 3.05) is 26.3 Å². The van der Waals surface area contributed by atoms with Crippen LogP contribution in [0, 0.1) is 13.8 Å². The molecule has 21 heavy (non-hydrogen) atoms. The molecule has 1 aromatic rings. The van der Waals surface area contributed by atoms with Crippen molar-refractivity contribution >= 4 is 5.78 Å². The van der Waals surface area contributed by atoms with Gasteiger partial charge in [-0.2, -0.15) is 0 Å². The molecule has 1 aliphatic heterocycles. The minimum atomic E-state index is -0.272. The topological polar surface area (TPSA) is 29.5 Å². The second-order valence-corrected chi connectivity index (χ2v) is 6.47. The predicted octanol–water partition coefficient (Wildman–Crippen LogP) is 3.13. The van der Waals surface area contributed by atoms with Gasteiger partial charge in [-0.05, 0) is 43.9 Å². The molecule has 0 unspecified atom stereocenters. The van der Waals surface area contributed by atoms with E-state index in [0.717, 1.165) is 57.6 Å². The van der Waals surface area contributed by atoms with E-state index in [-0.39, 0.29) is 5.54 Å². The number of aryl methyl sites for hydroxylation is 2. The first kappa shape index (κ1) is 14.7. The second kappa shape index (κ2) is 5.90. The SMILES string of the molecule is Cc1ccc(C(=O)C2(N3CCOCC3)CCCC2)cc1C. The van der Waals surface area contributed by atoms with Crippen molar-refractivity contribution in [3.05, 3.63) is 34.9 Å². The molecule has 0 radical (unpaired) electrons. The standard InChI is InChI=1S/C18H25NO2/c1-14-5-6-16(13-15(14)2)17(20)18(7-3-4-8-18)19-9-11-21-12-10-19/h5-6,13H,3-4,7-12H2,1-2H3. The smallest absolute Gasteiger partial charge is 0.183 e. The Bertz CT molecular complexity index is 526. The molecular weight excluding hydrogens is 262 g/mol. The van der Waals surface area contributed by atoms with Crippen LogP contribution in [-0.4, -0.2) is 42.5 Å². The van der Waals surface area contributed by atoms with Crippen LogP contribution in [0.1, 0.15) is 47.2 Å². The van der Waals surface area contributed by atoms with Crippen LogP contribution in [0.4, 0.5) is 0 Å². The summed E-state index contributed by atoms with van der Waals surface area (Å²) in [7, 11) is 0. The molecule has 0 aromatic heterocycles. The van der Waals surface area contributed by atoms with Gasteiger partial charge in [0.1, 0.15) is 0 Å². The fraction of sp³-hybridized carbons (Fsp3) is 0.611. The fourth-order valence-electron chi connectivity index (χ4n) is 3.79. The zero-order valence-electron chi connectivity index (χ0n) is 13.2. The largest absolute Gasteiger partial charge is 0.379 e. The minimum absolute atomic E-state index is 0.272. The molecule has 3 nitrogen and oxygen atoms in total. The number of rotatable bonds is 3. The number of ether oxygens (including phenoxy) is 1. The van der Waals surface area contributed by atoms with Crippen molar-refractivity contribution < 1.29 is 9.53 Å². The summed E-state index contributed by atoms with van der Waals surface area (Å²) in [6, 6.07) is 6.15. The second-order valence-electron chi connectivity index (χ2n) is 6.47. The molecule has 2 aliphatic rings. The molecule has 1 saturated carbocycles. The van der Waals surface area contributed by atoms with Crippen LogP contribution < -0.4 is 0 Å². The average molecular weight is 287 g/mol. The molecule has 0 spiro atoms.